The number of anilines is 1. The first-order valence-electron chi connectivity index (χ1n) is 9.30. The zero-order valence-electron chi connectivity index (χ0n) is 16.3. The molecule has 0 saturated heterocycles. The van der Waals surface area contributed by atoms with Crippen molar-refractivity contribution in [2.45, 2.75) is 31.6 Å². The molecule has 4 rings (SSSR count). The molecule has 1 aromatic heterocycles. The minimum absolute atomic E-state index is 0.0187. The van der Waals surface area contributed by atoms with Crippen molar-refractivity contribution >= 4 is 27.3 Å². The van der Waals surface area contributed by atoms with Crippen LogP contribution in [0.15, 0.2) is 51.9 Å². The lowest BCUT2D eigenvalue weighted by molar-refractivity contribution is 0.316. The largest absolute Gasteiger partial charge is 0.489 e. The number of nitrogens with zero attached hydrogens (tertiary/aromatic N) is 2. The highest BCUT2D eigenvalue weighted by Crippen LogP contribution is 2.39. The maximum absolute atomic E-state index is 13.8. The van der Waals surface area contributed by atoms with Crippen LogP contribution < -0.4 is 9.04 Å². The van der Waals surface area contributed by atoms with Crippen molar-refractivity contribution in [3.05, 3.63) is 58.7 Å². The van der Waals surface area contributed by atoms with Gasteiger partial charge in [-0.3, -0.25) is 4.31 Å². The molecule has 0 bridgehead atoms. The Hall–Kier alpha value is -2.51. The fourth-order valence-corrected chi connectivity index (χ4v) is 5.42. The third-order valence-corrected chi connectivity index (χ3v) is 6.96. The van der Waals surface area contributed by atoms with Crippen LogP contribution in [0.4, 0.5) is 5.69 Å². The summed E-state index contributed by atoms with van der Waals surface area (Å²) in [6.07, 6.45) is 0. The molecule has 29 heavy (non-hydrogen) atoms. The highest BCUT2D eigenvalue weighted by molar-refractivity contribution is 7.93. The number of hydrogen-bond donors (Lipinski definition) is 0. The minimum Gasteiger partial charge on any atom is -0.489 e. The van der Waals surface area contributed by atoms with Gasteiger partial charge in [-0.15, -0.1) is 0 Å². The number of fused-ring (bicyclic) bond motifs is 1. The summed E-state index contributed by atoms with van der Waals surface area (Å²) in [5.41, 5.74) is 2.57. The van der Waals surface area contributed by atoms with Gasteiger partial charge in [0, 0.05) is 16.7 Å². The third kappa shape index (κ3) is 3.60. The van der Waals surface area contributed by atoms with Gasteiger partial charge < -0.3 is 9.26 Å². The summed E-state index contributed by atoms with van der Waals surface area (Å²) in [4.78, 5) is 0.242. The van der Waals surface area contributed by atoms with Crippen LogP contribution in [0.25, 0.3) is 11.3 Å². The molecule has 0 atom stereocenters. The van der Waals surface area contributed by atoms with E-state index in [0.717, 1.165) is 11.3 Å². The van der Waals surface area contributed by atoms with E-state index in [2.05, 4.69) is 5.16 Å². The van der Waals surface area contributed by atoms with Crippen LogP contribution in [0.2, 0.25) is 5.02 Å². The van der Waals surface area contributed by atoms with Gasteiger partial charge in [-0.2, -0.15) is 0 Å². The van der Waals surface area contributed by atoms with E-state index >= 15 is 0 Å². The van der Waals surface area contributed by atoms with Gasteiger partial charge in [-0.05, 0) is 42.7 Å². The van der Waals surface area contributed by atoms with Crippen molar-refractivity contribution in [2.24, 2.45) is 0 Å². The van der Waals surface area contributed by atoms with E-state index < -0.39 is 10.0 Å². The van der Waals surface area contributed by atoms with Gasteiger partial charge in [-0.25, -0.2) is 8.42 Å². The Kier molecular flexibility index (Phi) is 5.04. The van der Waals surface area contributed by atoms with Crippen molar-refractivity contribution in [1.82, 2.24) is 5.16 Å². The first-order valence-corrected chi connectivity index (χ1v) is 11.1. The van der Waals surface area contributed by atoms with E-state index in [-0.39, 0.29) is 24.0 Å². The standard InChI is InChI=1S/C21H21ClN2O4S/c1-13(2)17-6-4-15(20-10-14(3)23-28-20)11-21(17)29(25,26)24-8-9-27-19-7-5-16(22)12-18(19)24/h4-7,10-13H,8-9H2,1-3H3. The molecule has 0 unspecified atom stereocenters. The summed E-state index contributed by atoms with van der Waals surface area (Å²) in [7, 11) is -3.86. The van der Waals surface area contributed by atoms with Gasteiger partial charge in [0.05, 0.1) is 22.8 Å². The molecule has 1 aliphatic heterocycles. The van der Waals surface area contributed by atoms with E-state index in [1.807, 2.05) is 32.9 Å². The van der Waals surface area contributed by atoms with Crippen LogP contribution in [-0.4, -0.2) is 26.7 Å². The molecule has 0 N–H and O–H groups in total. The summed E-state index contributed by atoms with van der Waals surface area (Å²) < 4.78 is 39.8. The van der Waals surface area contributed by atoms with Crippen LogP contribution in [0.1, 0.15) is 31.0 Å². The van der Waals surface area contributed by atoms with Gasteiger partial charge in [0.25, 0.3) is 10.0 Å². The highest BCUT2D eigenvalue weighted by atomic mass is 35.5. The van der Waals surface area contributed by atoms with E-state index in [1.54, 1.807) is 30.3 Å². The van der Waals surface area contributed by atoms with Gasteiger partial charge >= 0.3 is 0 Å². The number of ether oxygens (including phenoxy) is 1. The van der Waals surface area contributed by atoms with Crippen molar-refractivity contribution in [2.75, 3.05) is 17.5 Å². The Bertz CT molecular complexity index is 1170. The van der Waals surface area contributed by atoms with Crippen LogP contribution in [-0.2, 0) is 10.0 Å². The molecule has 0 saturated carbocycles. The molecule has 0 amide bonds. The molecule has 0 spiro atoms. The normalized spacial score (nSPS) is 14.0. The van der Waals surface area contributed by atoms with E-state index in [9.17, 15) is 8.42 Å². The molecule has 1 aliphatic rings. The number of aromatic nitrogens is 1. The predicted octanol–water partition coefficient (Wildman–Crippen LogP) is 5.01. The number of halogens is 1. The maximum Gasteiger partial charge on any atom is 0.264 e. The Morgan fingerprint density at radius 2 is 1.93 bits per heavy atom. The number of benzene rings is 2. The van der Waals surface area contributed by atoms with Gasteiger partial charge in [0.1, 0.15) is 12.4 Å². The quantitative estimate of drug-likeness (QED) is 0.579. The fourth-order valence-electron chi connectivity index (χ4n) is 3.42. The second-order valence-electron chi connectivity index (χ2n) is 7.28. The molecule has 2 heterocycles. The Balaban J connectivity index is 1.88. The molecular formula is C21H21ClN2O4S. The summed E-state index contributed by atoms with van der Waals surface area (Å²) in [6.45, 7) is 6.24. The fraction of sp³-hybridized carbons (Fsp3) is 0.286. The van der Waals surface area contributed by atoms with E-state index in [1.165, 1.54) is 4.31 Å². The first-order chi connectivity index (χ1) is 13.8. The zero-order valence-corrected chi connectivity index (χ0v) is 17.9. The molecule has 152 valence electrons. The number of aryl methyl sites for hydroxylation is 1. The topological polar surface area (TPSA) is 72.6 Å². The van der Waals surface area contributed by atoms with Crippen LogP contribution >= 0.6 is 11.6 Å². The molecule has 0 radical (unpaired) electrons. The molecular weight excluding hydrogens is 412 g/mol. The van der Waals surface area contributed by atoms with Crippen LogP contribution in [0.5, 0.6) is 5.75 Å². The Morgan fingerprint density at radius 1 is 1.14 bits per heavy atom. The first kappa shape index (κ1) is 19.8. The van der Waals surface area contributed by atoms with Crippen molar-refractivity contribution in [3.8, 4) is 17.1 Å². The monoisotopic (exact) mass is 432 g/mol. The second-order valence-corrected chi connectivity index (χ2v) is 9.54. The van der Waals surface area contributed by atoms with Gasteiger partial charge in [0.2, 0.25) is 0 Å². The molecule has 8 heteroatoms. The van der Waals surface area contributed by atoms with Crippen LogP contribution in [0.3, 0.4) is 0 Å². The van der Waals surface area contributed by atoms with Gasteiger partial charge in [-0.1, -0.05) is 42.7 Å². The Morgan fingerprint density at radius 3 is 2.62 bits per heavy atom. The van der Waals surface area contributed by atoms with E-state index in [4.69, 9.17) is 20.9 Å². The highest BCUT2D eigenvalue weighted by Gasteiger charge is 2.33. The van der Waals surface area contributed by atoms with E-state index in [0.29, 0.717) is 27.8 Å². The number of sulfonamides is 1. The lowest BCUT2D eigenvalue weighted by Gasteiger charge is -2.31. The average molecular weight is 433 g/mol. The summed E-state index contributed by atoms with van der Waals surface area (Å²) in [5, 5.41) is 4.35. The van der Waals surface area contributed by atoms with Crippen molar-refractivity contribution < 1.29 is 17.7 Å². The minimum atomic E-state index is -3.86. The van der Waals surface area contributed by atoms with Gasteiger partial charge in [0.15, 0.2) is 5.76 Å². The molecule has 0 fully saturated rings. The average Bonchev–Trinajstić information content (AvgIpc) is 3.13. The molecule has 6 nitrogen and oxygen atoms in total. The van der Waals surface area contributed by atoms with Crippen LogP contribution in [0, 0.1) is 6.92 Å². The number of hydrogen-bond acceptors (Lipinski definition) is 5. The SMILES string of the molecule is Cc1cc(-c2ccc(C(C)C)c(S(=O)(=O)N3CCOc4ccc(Cl)cc43)c2)on1. The molecule has 3 aromatic rings. The predicted molar refractivity (Wildman–Crippen MR) is 112 cm³/mol. The lowest BCUT2D eigenvalue weighted by atomic mass is 10.0. The molecule has 2 aromatic carbocycles. The van der Waals surface area contributed by atoms with Crippen molar-refractivity contribution in [3.63, 3.8) is 0 Å². The zero-order chi connectivity index (χ0) is 20.8. The summed E-state index contributed by atoms with van der Waals surface area (Å²) in [6, 6.07) is 12.1. The summed E-state index contributed by atoms with van der Waals surface area (Å²) in [5.74, 6) is 1.04. The van der Waals surface area contributed by atoms with Crippen molar-refractivity contribution in [1.29, 1.82) is 0 Å². The third-order valence-electron chi connectivity index (χ3n) is 4.86. The lowest BCUT2D eigenvalue weighted by Crippen LogP contribution is -2.38. The maximum atomic E-state index is 13.8. The second kappa shape index (κ2) is 7.39. The Labute approximate surface area is 175 Å². The smallest absolute Gasteiger partial charge is 0.264 e. The summed E-state index contributed by atoms with van der Waals surface area (Å²) >= 11 is 6.13. The number of rotatable bonds is 4. The molecule has 0 aliphatic carbocycles.